The summed E-state index contributed by atoms with van der Waals surface area (Å²) in [5.41, 5.74) is 1.88. The van der Waals surface area contributed by atoms with Gasteiger partial charge in [-0.15, -0.1) is 0 Å². The summed E-state index contributed by atoms with van der Waals surface area (Å²) in [4.78, 5) is 28.5. The minimum Gasteiger partial charge on any atom is -0.478 e. The SMILES string of the molecule is CCc1oc(C(=O)NC(C)c2nc3ccccc3n2C(C)C)cc1C(=O)O. The third-order valence-electron chi connectivity index (χ3n) is 4.46. The second kappa shape index (κ2) is 7.26. The molecule has 7 nitrogen and oxygen atoms in total. The van der Waals surface area contributed by atoms with E-state index in [2.05, 4.69) is 28.7 Å². The quantitative estimate of drug-likeness (QED) is 0.685. The molecule has 1 amide bonds. The molecule has 0 aliphatic carbocycles. The lowest BCUT2D eigenvalue weighted by atomic mass is 10.2. The minimum atomic E-state index is -1.11. The molecule has 1 unspecified atom stereocenters. The average Bonchev–Trinajstić information content (AvgIpc) is 3.23. The molecule has 2 aromatic heterocycles. The van der Waals surface area contributed by atoms with Crippen LogP contribution in [-0.2, 0) is 6.42 Å². The summed E-state index contributed by atoms with van der Waals surface area (Å²) < 4.78 is 7.53. The molecular weight excluding hydrogens is 346 g/mol. The highest BCUT2D eigenvalue weighted by atomic mass is 16.4. The van der Waals surface area contributed by atoms with Gasteiger partial charge in [0.1, 0.15) is 17.1 Å². The van der Waals surface area contributed by atoms with Crippen LogP contribution in [0.1, 0.15) is 72.3 Å². The van der Waals surface area contributed by atoms with Crippen molar-refractivity contribution in [3.63, 3.8) is 0 Å². The van der Waals surface area contributed by atoms with E-state index in [-0.39, 0.29) is 29.2 Å². The molecule has 1 atom stereocenters. The number of nitrogens with one attached hydrogen (secondary N) is 1. The predicted octanol–water partition coefficient (Wildman–Crippen LogP) is 3.96. The molecule has 27 heavy (non-hydrogen) atoms. The zero-order valence-corrected chi connectivity index (χ0v) is 15.8. The van der Waals surface area contributed by atoms with Crippen LogP contribution < -0.4 is 5.32 Å². The number of nitrogens with zero attached hydrogens (tertiary/aromatic N) is 2. The number of rotatable bonds is 6. The van der Waals surface area contributed by atoms with E-state index >= 15 is 0 Å². The Labute approximate surface area is 157 Å². The Morgan fingerprint density at radius 2 is 1.96 bits per heavy atom. The van der Waals surface area contributed by atoms with Gasteiger partial charge >= 0.3 is 5.97 Å². The van der Waals surface area contributed by atoms with Gasteiger partial charge in [0, 0.05) is 18.5 Å². The number of aryl methyl sites for hydroxylation is 1. The Bertz CT molecular complexity index is 1000. The van der Waals surface area contributed by atoms with Gasteiger partial charge in [-0.3, -0.25) is 4.79 Å². The van der Waals surface area contributed by atoms with Crippen molar-refractivity contribution >= 4 is 22.9 Å². The molecule has 0 aliphatic rings. The molecule has 2 heterocycles. The standard InChI is InChI=1S/C20H23N3O4/c1-5-16-13(20(25)26)10-17(27-16)19(24)21-12(4)18-22-14-8-6-7-9-15(14)23(18)11(2)3/h6-12H,5H2,1-4H3,(H,21,24)(H,25,26). The van der Waals surface area contributed by atoms with Gasteiger partial charge in [0.25, 0.3) is 5.91 Å². The van der Waals surface area contributed by atoms with Crippen molar-refractivity contribution in [1.29, 1.82) is 0 Å². The van der Waals surface area contributed by atoms with Crippen molar-refractivity contribution in [3.05, 3.63) is 53.2 Å². The van der Waals surface area contributed by atoms with Crippen LogP contribution in [0.2, 0.25) is 0 Å². The van der Waals surface area contributed by atoms with Gasteiger partial charge in [-0.1, -0.05) is 19.1 Å². The van der Waals surface area contributed by atoms with Crippen LogP contribution in [0.4, 0.5) is 0 Å². The fourth-order valence-electron chi connectivity index (χ4n) is 3.23. The second-order valence-corrected chi connectivity index (χ2v) is 6.72. The first-order valence-corrected chi connectivity index (χ1v) is 8.97. The Hall–Kier alpha value is -3.09. The van der Waals surface area contributed by atoms with Crippen molar-refractivity contribution in [2.75, 3.05) is 0 Å². The molecule has 0 radical (unpaired) electrons. The van der Waals surface area contributed by atoms with E-state index in [0.29, 0.717) is 6.42 Å². The van der Waals surface area contributed by atoms with Crippen LogP contribution in [0.3, 0.4) is 0 Å². The summed E-state index contributed by atoms with van der Waals surface area (Å²) in [7, 11) is 0. The summed E-state index contributed by atoms with van der Waals surface area (Å²) in [6.07, 6.45) is 0.396. The Morgan fingerprint density at radius 3 is 2.56 bits per heavy atom. The predicted molar refractivity (Wildman–Crippen MR) is 101 cm³/mol. The van der Waals surface area contributed by atoms with Gasteiger partial charge in [-0.2, -0.15) is 0 Å². The fourth-order valence-corrected chi connectivity index (χ4v) is 3.23. The molecular formula is C20H23N3O4. The third kappa shape index (κ3) is 3.45. The number of carbonyl (C=O) groups is 2. The maximum Gasteiger partial charge on any atom is 0.339 e. The molecule has 142 valence electrons. The van der Waals surface area contributed by atoms with Crippen LogP contribution in [0.15, 0.2) is 34.7 Å². The second-order valence-electron chi connectivity index (χ2n) is 6.72. The first-order valence-electron chi connectivity index (χ1n) is 8.97. The van der Waals surface area contributed by atoms with Crippen molar-refractivity contribution in [2.24, 2.45) is 0 Å². The average molecular weight is 369 g/mol. The lowest BCUT2D eigenvalue weighted by Gasteiger charge is -2.18. The number of benzene rings is 1. The van der Waals surface area contributed by atoms with E-state index in [0.717, 1.165) is 16.9 Å². The van der Waals surface area contributed by atoms with Crippen LogP contribution in [0.5, 0.6) is 0 Å². The smallest absolute Gasteiger partial charge is 0.339 e. The first kappa shape index (κ1) is 18.7. The van der Waals surface area contributed by atoms with Crippen molar-refractivity contribution in [3.8, 4) is 0 Å². The van der Waals surface area contributed by atoms with Gasteiger partial charge < -0.3 is 19.4 Å². The molecule has 0 bridgehead atoms. The van der Waals surface area contributed by atoms with Crippen LogP contribution in [0, 0.1) is 0 Å². The largest absolute Gasteiger partial charge is 0.478 e. The number of carbonyl (C=O) groups excluding carboxylic acids is 1. The number of hydrogen-bond acceptors (Lipinski definition) is 4. The molecule has 0 spiro atoms. The number of carboxylic acid groups (broad SMARTS) is 1. The van der Waals surface area contributed by atoms with Gasteiger partial charge in [0.05, 0.1) is 17.1 Å². The fraction of sp³-hybridized carbons (Fsp3) is 0.350. The normalized spacial score (nSPS) is 12.5. The van der Waals surface area contributed by atoms with Crippen LogP contribution in [0.25, 0.3) is 11.0 Å². The number of para-hydroxylation sites is 2. The van der Waals surface area contributed by atoms with Gasteiger partial charge in [-0.25, -0.2) is 9.78 Å². The summed E-state index contributed by atoms with van der Waals surface area (Å²) in [6, 6.07) is 8.88. The van der Waals surface area contributed by atoms with Crippen molar-refractivity contribution in [1.82, 2.24) is 14.9 Å². The van der Waals surface area contributed by atoms with Gasteiger partial charge in [-0.05, 0) is 32.9 Å². The number of aromatic carboxylic acids is 1. The van der Waals surface area contributed by atoms with Crippen molar-refractivity contribution < 1.29 is 19.1 Å². The molecule has 0 saturated heterocycles. The Balaban J connectivity index is 1.90. The highest BCUT2D eigenvalue weighted by Crippen LogP contribution is 2.25. The summed E-state index contributed by atoms with van der Waals surface area (Å²) in [5.74, 6) is -0.560. The monoisotopic (exact) mass is 369 g/mol. The third-order valence-corrected chi connectivity index (χ3v) is 4.46. The van der Waals surface area contributed by atoms with Gasteiger partial charge in [0.2, 0.25) is 0 Å². The van der Waals surface area contributed by atoms with E-state index < -0.39 is 11.9 Å². The molecule has 7 heteroatoms. The molecule has 2 N–H and O–H groups in total. The summed E-state index contributed by atoms with van der Waals surface area (Å²) >= 11 is 0. The molecule has 0 saturated carbocycles. The molecule has 3 aromatic rings. The maximum absolute atomic E-state index is 12.6. The lowest BCUT2D eigenvalue weighted by Crippen LogP contribution is -2.28. The number of amides is 1. The number of imidazole rings is 1. The minimum absolute atomic E-state index is 0.0108. The number of carboxylic acids is 1. The zero-order valence-electron chi connectivity index (χ0n) is 15.8. The van der Waals surface area contributed by atoms with E-state index in [1.807, 2.05) is 31.2 Å². The highest BCUT2D eigenvalue weighted by Gasteiger charge is 2.24. The van der Waals surface area contributed by atoms with E-state index in [4.69, 9.17) is 4.42 Å². The highest BCUT2D eigenvalue weighted by molar-refractivity contribution is 5.96. The number of fused-ring (bicyclic) bond motifs is 1. The molecule has 3 rings (SSSR count). The number of furan rings is 1. The summed E-state index contributed by atoms with van der Waals surface area (Å²) in [5, 5.41) is 12.1. The van der Waals surface area contributed by atoms with E-state index in [1.54, 1.807) is 6.92 Å². The van der Waals surface area contributed by atoms with E-state index in [1.165, 1.54) is 6.07 Å². The Morgan fingerprint density at radius 1 is 1.26 bits per heavy atom. The number of hydrogen-bond donors (Lipinski definition) is 2. The van der Waals surface area contributed by atoms with Crippen LogP contribution >= 0.6 is 0 Å². The molecule has 0 fully saturated rings. The van der Waals surface area contributed by atoms with Crippen molar-refractivity contribution in [2.45, 2.75) is 46.2 Å². The van der Waals surface area contributed by atoms with Crippen LogP contribution in [-0.4, -0.2) is 26.5 Å². The lowest BCUT2D eigenvalue weighted by molar-refractivity contribution is 0.0694. The molecule has 1 aromatic carbocycles. The maximum atomic E-state index is 12.6. The van der Waals surface area contributed by atoms with Gasteiger partial charge in [0.15, 0.2) is 5.76 Å². The van der Waals surface area contributed by atoms with E-state index in [9.17, 15) is 14.7 Å². The zero-order chi connectivity index (χ0) is 19.7. The Kier molecular flexibility index (Phi) is 5.03. The first-order chi connectivity index (χ1) is 12.8. The summed E-state index contributed by atoms with van der Waals surface area (Å²) in [6.45, 7) is 7.75. The number of aromatic nitrogens is 2. The molecule has 0 aliphatic heterocycles. The topological polar surface area (TPSA) is 97.4 Å².